The number of nitrogens with zero attached hydrogens (tertiary/aromatic N) is 2. The van der Waals surface area contributed by atoms with Gasteiger partial charge in [0.2, 0.25) is 12.7 Å². The molecule has 0 bridgehead atoms. The van der Waals surface area contributed by atoms with Crippen LogP contribution in [0.3, 0.4) is 0 Å². The lowest BCUT2D eigenvalue weighted by atomic mass is 9.85. The number of carboxylic acids is 1. The highest BCUT2D eigenvalue weighted by Gasteiger charge is 2.33. The predicted molar refractivity (Wildman–Crippen MR) is 131 cm³/mol. The van der Waals surface area contributed by atoms with Crippen LogP contribution in [0.1, 0.15) is 43.2 Å². The van der Waals surface area contributed by atoms with Gasteiger partial charge in [-0.25, -0.2) is 9.97 Å². The Morgan fingerprint density at radius 3 is 2.94 bits per heavy atom. The topological polar surface area (TPSA) is 103 Å². The number of aliphatic carboxylic acids is 1. The van der Waals surface area contributed by atoms with Crippen molar-refractivity contribution < 1.29 is 24.1 Å². The zero-order valence-electron chi connectivity index (χ0n) is 19.7. The molecule has 0 radical (unpaired) electrons. The summed E-state index contributed by atoms with van der Waals surface area (Å²) < 4.78 is 16.8. The molecule has 1 unspecified atom stereocenters. The van der Waals surface area contributed by atoms with E-state index in [1.807, 2.05) is 43.3 Å². The minimum absolute atomic E-state index is 0.0965. The Morgan fingerprint density at radius 2 is 2.09 bits per heavy atom. The molecule has 5 rings (SSSR count). The molecule has 0 spiro atoms. The van der Waals surface area contributed by atoms with Gasteiger partial charge in [0.25, 0.3) is 0 Å². The zero-order valence-corrected chi connectivity index (χ0v) is 19.7. The third-order valence-electron chi connectivity index (χ3n) is 6.68. The zero-order chi connectivity index (χ0) is 24.2. The van der Waals surface area contributed by atoms with E-state index in [1.165, 1.54) is 5.56 Å². The second kappa shape index (κ2) is 10.2. The molecule has 182 valence electrons. The van der Waals surface area contributed by atoms with Gasteiger partial charge in [-0.2, -0.15) is 0 Å². The Bertz CT molecular complexity index is 1220. The number of rotatable bonds is 10. The van der Waals surface area contributed by atoms with Crippen LogP contribution in [0.2, 0.25) is 0 Å². The highest BCUT2D eigenvalue weighted by atomic mass is 16.7. The van der Waals surface area contributed by atoms with Crippen molar-refractivity contribution in [2.24, 2.45) is 5.92 Å². The van der Waals surface area contributed by atoms with Crippen LogP contribution in [0.15, 0.2) is 48.7 Å². The monoisotopic (exact) mass is 475 g/mol. The van der Waals surface area contributed by atoms with E-state index in [0.29, 0.717) is 25.5 Å². The summed E-state index contributed by atoms with van der Waals surface area (Å²) in [5, 5.41) is 12.8. The lowest BCUT2D eigenvalue weighted by Crippen LogP contribution is -2.19. The first-order valence-corrected chi connectivity index (χ1v) is 12.1. The molecular weight excluding hydrogens is 446 g/mol. The number of anilines is 1. The molecule has 1 aromatic heterocycles. The quantitative estimate of drug-likeness (QED) is 0.400. The summed E-state index contributed by atoms with van der Waals surface area (Å²) in [4.78, 5) is 20.5. The fourth-order valence-electron chi connectivity index (χ4n) is 4.89. The minimum Gasteiger partial charge on any atom is -0.494 e. The third-order valence-corrected chi connectivity index (χ3v) is 6.68. The molecule has 1 aliphatic heterocycles. The van der Waals surface area contributed by atoms with E-state index in [1.54, 1.807) is 6.20 Å². The van der Waals surface area contributed by atoms with E-state index in [9.17, 15) is 9.90 Å². The van der Waals surface area contributed by atoms with Crippen LogP contribution in [0.4, 0.5) is 5.95 Å². The summed E-state index contributed by atoms with van der Waals surface area (Å²) in [7, 11) is 0. The van der Waals surface area contributed by atoms with Gasteiger partial charge in [0.1, 0.15) is 5.75 Å². The van der Waals surface area contributed by atoms with Crippen LogP contribution in [0.25, 0.3) is 11.3 Å². The second-order valence-electron chi connectivity index (χ2n) is 8.82. The van der Waals surface area contributed by atoms with Crippen molar-refractivity contribution in [2.45, 2.75) is 38.5 Å². The largest absolute Gasteiger partial charge is 0.494 e. The molecule has 8 nitrogen and oxygen atoms in total. The molecule has 0 amide bonds. The first kappa shape index (κ1) is 23.0. The molecule has 2 aliphatic rings. The van der Waals surface area contributed by atoms with Gasteiger partial charge >= 0.3 is 5.97 Å². The molecule has 2 atom stereocenters. The van der Waals surface area contributed by atoms with Crippen LogP contribution in [0.5, 0.6) is 17.2 Å². The number of hydrogen-bond donors (Lipinski definition) is 2. The number of aromatic nitrogens is 2. The number of aryl methyl sites for hydroxylation is 1. The average molecular weight is 476 g/mol. The predicted octanol–water partition coefficient (Wildman–Crippen LogP) is 4.89. The molecule has 2 heterocycles. The minimum atomic E-state index is -0.705. The lowest BCUT2D eigenvalue weighted by molar-refractivity contribution is -0.142. The SMILES string of the molecule is CCC(C(=O)O)[C@@H]1CCc2cc(OCCCNc3nccc(-c4ccc5c(c4)OCO5)n3)ccc21. The van der Waals surface area contributed by atoms with Gasteiger partial charge in [-0.3, -0.25) is 4.79 Å². The van der Waals surface area contributed by atoms with E-state index < -0.39 is 5.97 Å². The van der Waals surface area contributed by atoms with Crippen molar-refractivity contribution >= 4 is 11.9 Å². The molecule has 35 heavy (non-hydrogen) atoms. The second-order valence-corrected chi connectivity index (χ2v) is 8.82. The number of benzene rings is 2. The number of hydrogen-bond acceptors (Lipinski definition) is 7. The molecule has 0 fully saturated rings. The third kappa shape index (κ3) is 5.01. The van der Waals surface area contributed by atoms with E-state index >= 15 is 0 Å². The first-order chi connectivity index (χ1) is 17.1. The van der Waals surface area contributed by atoms with Gasteiger partial charge in [-0.15, -0.1) is 0 Å². The fourth-order valence-corrected chi connectivity index (χ4v) is 4.89. The summed E-state index contributed by atoms with van der Waals surface area (Å²) in [6.45, 7) is 3.42. The number of carbonyl (C=O) groups is 1. The van der Waals surface area contributed by atoms with Crippen molar-refractivity contribution in [3.05, 3.63) is 59.8 Å². The summed E-state index contributed by atoms with van der Waals surface area (Å²) in [6.07, 6.45) is 4.96. The summed E-state index contributed by atoms with van der Waals surface area (Å²) in [5.41, 5.74) is 4.11. The summed E-state index contributed by atoms with van der Waals surface area (Å²) >= 11 is 0. The van der Waals surface area contributed by atoms with E-state index in [4.69, 9.17) is 14.2 Å². The Labute approximate surface area is 204 Å². The van der Waals surface area contributed by atoms with Gasteiger partial charge in [-0.1, -0.05) is 13.0 Å². The van der Waals surface area contributed by atoms with Crippen molar-refractivity contribution in [3.8, 4) is 28.5 Å². The molecule has 3 aromatic rings. The van der Waals surface area contributed by atoms with Crippen LogP contribution in [-0.4, -0.2) is 41.0 Å². The van der Waals surface area contributed by atoms with Crippen LogP contribution in [0, 0.1) is 5.92 Å². The van der Waals surface area contributed by atoms with Crippen LogP contribution in [-0.2, 0) is 11.2 Å². The maximum atomic E-state index is 11.6. The number of nitrogens with one attached hydrogen (secondary N) is 1. The maximum Gasteiger partial charge on any atom is 0.307 e. The van der Waals surface area contributed by atoms with Crippen LogP contribution < -0.4 is 19.5 Å². The molecule has 2 aromatic carbocycles. The van der Waals surface area contributed by atoms with Crippen molar-refractivity contribution in [3.63, 3.8) is 0 Å². The van der Waals surface area contributed by atoms with Crippen molar-refractivity contribution in [2.75, 3.05) is 25.3 Å². The Kier molecular flexibility index (Phi) is 6.70. The number of fused-ring (bicyclic) bond motifs is 2. The van der Waals surface area contributed by atoms with Crippen molar-refractivity contribution in [1.29, 1.82) is 0 Å². The van der Waals surface area contributed by atoms with Gasteiger partial charge in [0.05, 0.1) is 18.2 Å². The highest BCUT2D eigenvalue weighted by molar-refractivity contribution is 5.72. The molecule has 1 aliphatic carbocycles. The molecule has 0 saturated heterocycles. The lowest BCUT2D eigenvalue weighted by Gasteiger charge is -2.19. The summed E-state index contributed by atoms with van der Waals surface area (Å²) in [5.74, 6) is 1.93. The van der Waals surface area contributed by atoms with Crippen molar-refractivity contribution in [1.82, 2.24) is 9.97 Å². The standard InChI is InChI=1S/C27H29N3O5/c1-2-20(26(31)32)22-7-4-17-14-19(6-8-21(17)22)33-13-3-11-28-27-29-12-10-23(30-27)18-5-9-24-25(15-18)35-16-34-24/h5-6,8-10,12,14-15,20,22H,2-4,7,11,13,16H2,1H3,(H,31,32)(H,28,29,30)/t20?,22-/m0/s1. The van der Waals surface area contributed by atoms with E-state index in [2.05, 4.69) is 21.4 Å². The van der Waals surface area contributed by atoms with E-state index in [-0.39, 0.29) is 18.6 Å². The normalized spacial score (nSPS) is 16.5. The van der Waals surface area contributed by atoms with Gasteiger partial charge in [0.15, 0.2) is 11.5 Å². The number of ether oxygens (including phenoxy) is 3. The molecule has 8 heteroatoms. The molecule has 2 N–H and O–H groups in total. The molecule has 0 saturated carbocycles. The Balaban J connectivity index is 1.11. The van der Waals surface area contributed by atoms with Gasteiger partial charge < -0.3 is 24.6 Å². The Hall–Kier alpha value is -3.81. The van der Waals surface area contributed by atoms with Crippen LogP contribution >= 0.6 is 0 Å². The Morgan fingerprint density at radius 1 is 1.20 bits per heavy atom. The summed E-state index contributed by atoms with van der Waals surface area (Å²) in [6, 6.07) is 13.7. The highest BCUT2D eigenvalue weighted by Crippen LogP contribution is 2.41. The van der Waals surface area contributed by atoms with Gasteiger partial charge in [-0.05, 0) is 79.1 Å². The van der Waals surface area contributed by atoms with Gasteiger partial charge in [0, 0.05) is 18.3 Å². The van der Waals surface area contributed by atoms with E-state index in [0.717, 1.165) is 53.3 Å². The fraction of sp³-hybridized carbons (Fsp3) is 0.370. The smallest absolute Gasteiger partial charge is 0.307 e. The average Bonchev–Trinajstić information content (AvgIpc) is 3.51. The molecular formula is C27H29N3O5. The number of carboxylic acid groups (broad SMARTS) is 1. The first-order valence-electron chi connectivity index (χ1n) is 12.1. The maximum absolute atomic E-state index is 11.6.